The van der Waals surface area contributed by atoms with Crippen molar-refractivity contribution in [2.24, 2.45) is 0 Å². The lowest BCUT2D eigenvalue weighted by Gasteiger charge is -2.42. The predicted molar refractivity (Wildman–Crippen MR) is 88.1 cm³/mol. The first-order valence-electron chi connectivity index (χ1n) is 7.98. The number of likely N-dealkylation sites (tertiary alicyclic amines) is 1. The van der Waals surface area contributed by atoms with Crippen molar-refractivity contribution in [2.75, 3.05) is 13.6 Å². The second-order valence-corrected chi connectivity index (χ2v) is 7.03. The number of aryl methyl sites for hydroxylation is 2. The number of nitrogens with zero attached hydrogens (tertiary/aromatic N) is 1. The maximum absolute atomic E-state index is 12.1. The van der Waals surface area contributed by atoms with E-state index in [9.17, 15) is 9.59 Å². The summed E-state index contributed by atoms with van der Waals surface area (Å²) in [4.78, 5) is 26.3. The van der Waals surface area contributed by atoms with Gasteiger partial charge in [-0.05, 0) is 57.9 Å². The molecule has 2 aliphatic rings. The number of benzene rings is 1. The van der Waals surface area contributed by atoms with E-state index < -0.39 is 11.6 Å². The third-order valence-corrected chi connectivity index (χ3v) is 5.08. The highest BCUT2D eigenvalue weighted by atomic mass is 16.6. The molecule has 0 aliphatic carbocycles. The van der Waals surface area contributed by atoms with Crippen molar-refractivity contribution >= 4 is 11.8 Å². The van der Waals surface area contributed by atoms with Crippen molar-refractivity contribution in [3.63, 3.8) is 0 Å². The van der Waals surface area contributed by atoms with Gasteiger partial charge < -0.3 is 4.74 Å². The van der Waals surface area contributed by atoms with Gasteiger partial charge in [-0.2, -0.15) is 0 Å². The Balaban J connectivity index is 2.06. The van der Waals surface area contributed by atoms with Gasteiger partial charge in [0.15, 0.2) is 5.78 Å². The van der Waals surface area contributed by atoms with Crippen LogP contribution in [0.3, 0.4) is 0 Å². The van der Waals surface area contributed by atoms with Crippen LogP contribution in [-0.4, -0.2) is 35.8 Å². The number of hydrogen-bond donors (Lipinski definition) is 0. The minimum atomic E-state index is -0.679. The molecule has 4 nitrogen and oxygen atoms in total. The topological polar surface area (TPSA) is 46.6 Å². The van der Waals surface area contributed by atoms with Crippen LogP contribution in [0.4, 0.5) is 0 Å². The summed E-state index contributed by atoms with van der Waals surface area (Å²) in [6, 6.07) is 6.59. The van der Waals surface area contributed by atoms with E-state index >= 15 is 0 Å². The monoisotopic (exact) mass is 313 g/mol. The first-order valence-corrected chi connectivity index (χ1v) is 7.98. The highest BCUT2D eigenvalue weighted by Gasteiger charge is 2.50. The number of Topliss-reactive ketones (excluding diaryl/α,β-unsaturated/α-hetero) is 1. The van der Waals surface area contributed by atoms with Gasteiger partial charge in [0.1, 0.15) is 11.2 Å². The van der Waals surface area contributed by atoms with Crippen LogP contribution in [0.15, 0.2) is 29.3 Å². The normalized spacial score (nSPS) is 27.9. The third kappa shape index (κ3) is 2.51. The Kier molecular flexibility index (Phi) is 3.68. The molecule has 4 heteroatoms. The molecule has 0 saturated carbocycles. The summed E-state index contributed by atoms with van der Waals surface area (Å²) in [6.45, 7) is 8.15. The van der Waals surface area contributed by atoms with Crippen molar-refractivity contribution in [1.82, 2.24) is 4.90 Å². The second kappa shape index (κ2) is 5.31. The zero-order valence-electron chi connectivity index (χ0n) is 14.4. The quantitative estimate of drug-likeness (QED) is 0.622. The molecule has 3 rings (SSSR count). The number of carbonyl (C=O) groups excluding carboxylic acids is 2. The molecule has 0 radical (unpaired) electrons. The Hall–Kier alpha value is -1.94. The van der Waals surface area contributed by atoms with Gasteiger partial charge in [0.05, 0.1) is 0 Å². The number of hydrogen-bond acceptors (Lipinski definition) is 4. The lowest BCUT2D eigenvalue weighted by atomic mass is 9.80. The summed E-state index contributed by atoms with van der Waals surface area (Å²) in [5, 5.41) is 0. The van der Waals surface area contributed by atoms with Crippen LogP contribution in [-0.2, 0) is 14.3 Å². The lowest BCUT2D eigenvalue weighted by Crippen LogP contribution is -2.47. The molecule has 0 spiro atoms. The smallest absolute Gasteiger partial charge is 0.342 e. The first-order chi connectivity index (χ1) is 10.7. The van der Waals surface area contributed by atoms with Crippen LogP contribution < -0.4 is 0 Å². The number of piperidine rings is 1. The number of ether oxygens (including phenoxy) is 1. The Labute approximate surface area is 137 Å². The van der Waals surface area contributed by atoms with Gasteiger partial charge >= 0.3 is 5.97 Å². The zero-order chi connectivity index (χ0) is 16.9. The number of ketones is 1. The SMILES string of the molecule is CC(=O)C1=C2CC(c3ccc(C)cc3C)N(C)CC2(C)OC1=O. The van der Waals surface area contributed by atoms with E-state index in [2.05, 4.69) is 36.9 Å². The fourth-order valence-corrected chi connectivity index (χ4v) is 3.99. The van der Waals surface area contributed by atoms with E-state index in [4.69, 9.17) is 4.74 Å². The van der Waals surface area contributed by atoms with Gasteiger partial charge in [-0.25, -0.2) is 4.79 Å². The molecule has 1 aromatic rings. The van der Waals surface area contributed by atoms with Crippen LogP contribution in [0.1, 0.15) is 43.0 Å². The number of esters is 1. The van der Waals surface area contributed by atoms with E-state index in [-0.39, 0.29) is 17.4 Å². The van der Waals surface area contributed by atoms with E-state index in [1.165, 1.54) is 23.6 Å². The van der Waals surface area contributed by atoms with Crippen molar-refractivity contribution in [1.29, 1.82) is 0 Å². The molecule has 2 atom stereocenters. The maximum atomic E-state index is 12.1. The molecule has 2 aliphatic heterocycles. The van der Waals surface area contributed by atoms with Crippen LogP contribution >= 0.6 is 0 Å². The summed E-state index contributed by atoms with van der Waals surface area (Å²) in [5.74, 6) is -0.665. The summed E-state index contributed by atoms with van der Waals surface area (Å²) in [6.07, 6.45) is 0.650. The number of likely N-dealkylation sites (N-methyl/N-ethyl adjacent to an activating group) is 1. The minimum Gasteiger partial charge on any atom is -0.450 e. The molecule has 1 saturated heterocycles. The van der Waals surface area contributed by atoms with Crippen LogP contribution in [0, 0.1) is 13.8 Å². The third-order valence-electron chi connectivity index (χ3n) is 5.08. The maximum Gasteiger partial charge on any atom is 0.342 e. The van der Waals surface area contributed by atoms with Gasteiger partial charge in [-0.15, -0.1) is 0 Å². The molecule has 1 aromatic carbocycles. The number of fused-ring (bicyclic) bond motifs is 1. The fourth-order valence-electron chi connectivity index (χ4n) is 3.99. The lowest BCUT2D eigenvalue weighted by molar-refractivity contribution is -0.148. The van der Waals surface area contributed by atoms with Gasteiger partial charge in [-0.3, -0.25) is 9.69 Å². The average molecular weight is 313 g/mol. The molecule has 0 aromatic heterocycles. The highest BCUT2D eigenvalue weighted by Crippen LogP contribution is 2.45. The molecule has 0 bridgehead atoms. The van der Waals surface area contributed by atoms with Crippen molar-refractivity contribution in [3.05, 3.63) is 46.0 Å². The van der Waals surface area contributed by atoms with Crippen molar-refractivity contribution < 1.29 is 14.3 Å². The Bertz CT molecular complexity index is 734. The molecule has 122 valence electrons. The predicted octanol–water partition coefficient (Wildman–Crippen LogP) is 2.88. The Morgan fingerprint density at radius 3 is 2.65 bits per heavy atom. The molecule has 2 unspecified atom stereocenters. The Morgan fingerprint density at radius 1 is 1.35 bits per heavy atom. The molecular formula is C19H23NO3. The van der Waals surface area contributed by atoms with Gasteiger partial charge in [0, 0.05) is 12.6 Å². The van der Waals surface area contributed by atoms with Crippen molar-refractivity contribution in [2.45, 2.75) is 45.8 Å². The molecule has 2 heterocycles. The van der Waals surface area contributed by atoms with E-state index in [0.29, 0.717) is 13.0 Å². The van der Waals surface area contributed by atoms with E-state index in [1.807, 2.05) is 14.0 Å². The van der Waals surface area contributed by atoms with Crippen LogP contribution in [0.5, 0.6) is 0 Å². The zero-order valence-corrected chi connectivity index (χ0v) is 14.4. The van der Waals surface area contributed by atoms with Crippen LogP contribution in [0.25, 0.3) is 0 Å². The molecule has 0 N–H and O–H groups in total. The summed E-state index contributed by atoms with van der Waals surface area (Å²) < 4.78 is 5.56. The van der Waals surface area contributed by atoms with Gasteiger partial charge in [-0.1, -0.05) is 23.8 Å². The summed E-state index contributed by atoms with van der Waals surface area (Å²) in [5.41, 5.74) is 4.16. The fraction of sp³-hybridized carbons (Fsp3) is 0.474. The Morgan fingerprint density at radius 2 is 2.04 bits per heavy atom. The van der Waals surface area contributed by atoms with E-state index in [0.717, 1.165) is 5.57 Å². The summed E-state index contributed by atoms with van der Waals surface area (Å²) in [7, 11) is 2.05. The molecule has 1 fully saturated rings. The highest BCUT2D eigenvalue weighted by molar-refractivity contribution is 6.18. The minimum absolute atomic E-state index is 0.155. The van der Waals surface area contributed by atoms with Crippen LogP contribution in [0.2, 0.25) is 0 Å². The number of rotatable bonds is 2. The van der Waals surface area contributed by atoms with Gasteiger partial charge in [0.2, 0.25) is 0 Å². The van der Waals surface area contributed by atoms with Gasteiger partial charge in [0.25, 0.3) is 0 Å². The average Bonchev–Trinajstić information content (AvgIpc) is 2.67. The first kappa shape index (κ1) is 15.9. The van der Waals surface area contributed by atoms with E-state index in [1.54, 1.807) is 0 Å². The molecule has 0 amide bonds. The summed E-state index contributed by atoms with van der Waals surface area (Å²) >= 11 is 0. The second-order valence-electron chi connectivity index (χ2n) is 7.03. The van der Waals surface area contributed by atoms with Crippen molar-refractivity contribution in [3.8, 4) is 0 Å². The molecule has 23 heavy (non-hydrogen) atoms. The number of carbonyl (C=O) groups is 2. The largest absolute Gasteiger partial charge is 0.450 e. The standard InChI is InChI=1S/C19H23NO3/c1-11-6-7-14(12(2)8-11)16-9-15-17(13(3)21)18(22)23-19(15,4)10-20(16)5/h6-8,16H,9-10H2,1-5H3. The molecular weight excluding hydrogens is 290 g/mol.